The number of carbonyl (C=O) groups is 1. The van der Waals surface area contributed by atoms with E-state index >= 15 is 0 Å². The second-order valence-electron chi connectivity index (χ2n) is 6.35. The summed E-state index contributed by atoms with van der Waals surface area (Å²) in [7, 11) is 3.40. The van der Waals surface area contributed by atoms with Crippen LogP contribution in [0.1, 0.15) is 34.0 Å². The Kier molecular flexibility index (Phi) is 4.62. The van der Waals surface area contributed by atoms with Gasteiger partial charge in [0.25, 0.3) is 5.91 Å². The second kappa shape index (κ2) is 6.68. The van der Waals surface area contributed by atoms with Crippen molar-refractivity contribution in [3.05, 3.63) is 52.9 Å². The van der Waals surface area contributed by atoms with E-state index in [2.05, 4.69) is 15.1 Å². The maximum Gasteiger partial charge on any atom is 0.256 e. The zero-order valence-corrected chi connectivity index (χ0v) is 13.7. The van der Waals surface area contributed by atoms with Crippen LogP contribution in [0, 0.1) is 11.6 Å². The first kappa shape index (κ1) is 16.6. The van der Waals surface area contributed by atoms with Crippen LogP contribution >= 0.6 is 0 Å². The fourth-order valence-corrected chi connectivity index (χ4v) is 3.14. The molecule has 5 nitrogen and oxygen atoms in total. The zero-order chi connectivity index (χ0) is 17.3. The predicted octanol–water partition coefficient (Wildman–Crippen LogP) is 2.38. The molecule has 1 fully saturated rings. The first-order valence-corrected chi connectivity index (χ1v) is 7.87. The molecule has 1 aromatic carbocycles. The van der Waals surface area contributed by atoms with Gasteiger partial charge in [0.15, 0.2) is 0 Å². The van der Waals surface area contributed by atoms with Gasteiger partial charge >= 0.3 is 0 Å². The molecule has 0 unspecified atom stereocenters. The van der Waals surface area contributed by atoms with Crippen molar-refractivity contribution in [1.82, 2.24) is 20.0 Å². The Balaban J connectivity index is 1.71. The largest absolute Gasteiger partial charge is 0.345 e. The van der Waals surface area contributed by atoms with Crippen LogP contribution in [0.25, 0.3) is 0 Å². The maximum atomic E-state index is 13.8. The smallest absolute Gasteiger partial charge is 0.256 e. The van der Waals surface area contributed by atoms with E-state index in [1.54, 1.807) is 20.3 Å². The number of H-pyrrole nitrogens is 1. The Labute approximate surface area is 139 Å². The van der Waals surface area contributed by atoms with Crippen molar-refractivity contribution in [3.8, 4) is 0 Å². The number of benzene rings is 1. The number of likely N-dealkylation sites (tertiary alicyclic amines) is 1. The maximum absolute atomic E-state index is 13.8. The summed E-state index contributed by atoms with van der Waals surface area (Å²) in [5.41, 5.74) is 1.74. The third-order valence-electron chi connectivity index (χ3n) is 4.39. The Morgan fingerprint density at radius 1 is 1.42 bits per heavy atom. The van der Waals surface area contributed by atoms with Crippen molar-refractivity contribution >= 4 is 5.91 Å². The fraction of sp³-hybridized carbons (Fsp3) is 0.412. The standard InChI is InChI=1S/C17H20F2N4O/c1-22(2)17(24)14-8-20-21-16(14)11-5-6-23(9-11)10-12-7-13(18)3-4-15(12)19/h3-4,7-8,11H,5-6,9-10H2,1-2H3,(H,20,21)/t11-/m1/s1. The van der Waals surface area contributed by atoms with Gasteiger partial charge in [-0.2, -0.15) is 5.10 Å². The van der Waals surface area contributed by atoms with Gasteiger partial charge in [0.1, 0.15) is 11.6 Å². The highest BCUT2D eigenvalue weighted by atomic mass is 19.1. The van der Waals surface area contributed by atoms with Gasteiger partial charge in [-0.3, -0.25) is 14.8 Å². The Bertz CT molecular complexity index is 744. The molecular weight excluding hydrogens is 314 g/mol. The van der Waals surface area contributed by atoms with Crippen molar-refractivity contribution in [3.63, 3.8) is 0 Å². The molecule has 1 N–H and O–H groups in total. The van der Waals surface area contributed by atoms with Crippen LogP contribution in [0.5, 0.6) is 0 Å². The quantitative estimate of drug-likeness (QED) is 0.934. The van der Waals surface area contributed by atoms with E-state index in [0.717, 1.165) is 30.8 Å². The molecule has 3 rings (SSSR count). The molecule has 1 aromatic heterocycles. The monoisotopic (exact) mass is 334 g/mol. The molecule has 1 aliphatic rings. The number of nitrogens with zero attached hydrogens (tertiary/aromatic N) is 3. The van der Waals surface area contributed by atoms with E-state index in [1.807, 2.05) is 0 Å². The van der Waals surface area contributed by atoms with Crippen LogP contribution in [0.3, 0.4) is 0 Å². The summed E-state index contributed by atoms with van der Waals surface area (Å²) in [4.78, 5) is 15.8. The van der Waals surface area contributed by atoms with Gasteiger partial charge in [-0.1, -0.05) is 0 Å². The third kappa shape index (κ3) is 3.31. The van der Waals surface area contributed by atoms with Crippen LogP contribution in [-0.4, -0.2) is 53.1 Å². The first-order valence-electron chi connectivity index (χ1n) is 7.87. The third-order valence-corrected chi connectivity index (χ3v) is 4.39. The van der Waals surface area contributed by atoms with Crippen LogP contribution in [-0.2, 0) is 6.54 Å². The molecule has 1 amide bonds. The number of aromatic nitrogens is 2. The van der Waals surface area contributed by atoms with Crippen molar-refractivity contribution in [2.24, 2.45) is 0 Å². The molecule has 2 heterocycles. The van der Waals surface area contributed by atoms with Crippen LogP contribution in [0.15, 0.2) is 24.4 Å². The van der Waals surface area contributed by atoms with Crippen LogP contribution < -0.4 is 0 Å². The van der Waals surface area contributed by atoms with Crippen molar-refractivity contribution < 1.29 is 13.6 Å². The number of rotatable bonds is 4. The molecule has 0 bridgehead atoms. The number of amides is 1. The Morgan fingerprint density at radius 2 is 2.21 bits per heavy atom. The van der Waals surface area contributed by atoms with E-state index in [-0.39, 0.29) is 11.8 Å². The van der Waals surface area contributed by atoms with E-state index in [1.165, 1.54) is 11.0 Å². The van der Waals surface area contributed by atoms with Gasteiger partial charge in [-0.05, 0) is 31.2 Å². The molecule has 7 heteroatoms. The highest BCUT2D eigenvalue weighted by molar-refractivity contribution is 5.94. The topological polar surface area (TPSA) is 52.2 Å². The lowest BCUT2D eigenvalue weighted by Gasteiger charge is -2.17. The van der Waals surface area contributed by atoms with E-state index in [0.29, 0.717) is 24.2 Å². The Hall–Kier alpha value is -2.28. The number of carbonyl (C=O) groups excluding carboxylic acids is 1. The molecule has 2 aromatic rings. The minimum absolute atomic E-state index is 0.0895. The summed E-state index contributed by atoms with van der Waals surface area (Å²) in [6.45, 7) is 1.78. The Morgan fingerprint density at radius 3 is 2.96 bits per heavy atom. The number of nitrogens with one attached hydrogen (secondary N) is 1. The highest BCUT2D eigenvalue weighted by Crippen LogP contribution is 2.29. The van der Waals surface area contributed by atoms with E-state index in [4.69, 9.17) is 0 Å². The molecule has 0 spiro atoms. The van der Waals surface area contributed by atoms with E-state index < -0.39 is 11.6 Å². The minimum Gasteiger partial charge on any atom is -0.345 e. The molecule has 1 saturated heterocycles. The number of hydrogen-bond donors (Lipinski definition) is 1. The van der Waals surface area contributed by atoms with Gasteiger partial charge in [0, 0.05) is 38.7 Å². The summed E-state index contributed by atoms with van der Waals surface area (Å²) in [5, 5.41) is 6.93. The predicted molar refractivity (Wildman–Crippen MR) is 85.6 cm³/mol. The summed E-state index contributed by atoms with van der Waals surface area (Å²) < 4.78 is 27.1. The van der Waals surface area contributed by atoms with Gasteiger partial charge in [0.2, 0.25) is 0 Å². The molecule has 0 saturated carbocycles. The summed E-state index contributed by atoms with van der Waals surface area (Å²) in [6, 6.07) is 3.51. The molecular formula is C17H20F2N4O. The number of aromatic amines is 1. The lowest BCUT2D eigenvalue weighted by atomic mass is 10.0. The SMILES string of the molecule is CN(C)C(=O)c1cn[nH]c1[C@@H]1CCN(Cc2cc(F)ccc2F)C1. The van der Waals surface area contributed by atoms with Gasteiger partial charge in [-0.25, -0.2) is 8.78 Å². The van der Waals surface area contributed by atoms with Crippen LogP contribution in [0.2, 0.25) is 0 Å². The molecule has 1 aliphatic heterocycles. The number of hydrogen-bond acceptors (Lipinski definition) is 3. The summed E-state index contributed by atoms with van der Waals surface area (Å²) in [5.74, 6) is -0.796. The molecule has 1 atom stereocenters. The summed E-state index contributed by atoms with van der Waals surface area (Å²) in [6.07, 6.45) is 2.39. The van der Waals surface area contributed by atoms with Gasteiger partial charge in [-0.15, -0.1) is 0 Å². The average molecular weight is 334 g/mol. The lowest BCUT2D eigenvalue weighted by molar-refractivity contribution is 0.0826. The highest BCUT2D eigenvalue weighted by Gasteiger charge is 2.29. The van der Waals surface area contributed by atoms with Crippen molar-refractivity contribution in [2.75, 3.05) is 27.2 Å². The molecule has 128 valence electrons. The van der Waals surface area contributed by atoms with Crippen molar-refractivity contribution in [1.29, 1.82) is 0 Å². The van der Waals surface area contributed by atoms with Gasteiger partial charge in [0.05, 0.1) is 17.5 Å². The normalized spacial score (nSPS) is 18.1. The fourth-order valence-electron chi connectivity index (χ4n) is 3.14. The second-order valence-corrected chi connectivity index (χ2v) is 6.35. The summed E-state index contributed by atoms with van der Waals surface area (Å²) >= 11 is 0. The van der Waals surface area contributed by atoms with Crippen LogP contribution in [0.4, 0.5) is 8.78 Å². The van der Waals surface area contributed by atoms with Gasteiger partial charge < -0.3 is 4.90 Å². The van der Waals surface area contributed by atoms with Crippen molar-refractivity contribution in [2.45, 2.75) is 18.9 Å². The molecule has 0 aliphatic carbocycles. The molecule has 24 heavy (non-hydrogen) atoms. The average Bonchev–Trinajstić information content (AvgIpc) is 3.18. The van der Waals surface area contributed by atoms with E-state index in [9.17, 15) is 13.6 Å². The minimum atomic E-state index is -0.436. The molecule has 0 radical (unpaired) electrons. The first-order chi connectivity index (χ1) is 11.5. The lowest BCUT2D eigenvalue weighted by Crippen LogP contribution is -2.24. The number of halogens is 2. The zero-order valence-electron chi connectivity index (χ0n) is 13.7.